The first-order valence-electron chi connectivity index (χ1n) is 7.77. The van der Waals surface area contributed by atoms with E-state index in [0.29, 0.717) is 6.54 Å². The van der Waals surface area contributed by atoms with Crippen molar-refractivity contribution in [1.29, 1.82) is 0 Å². The van der Waals surface area contributed by atoms with Gasteiger partial charge in [-0.3, -0.25) is 9.59 Å². The lowest BCUT2D eigenvalue weighted by molar-refractivity contribution is -0.139. The first-order valence-corrected chi connectivity index (χ1v) is 8.56. The quantitative estimate of drug-likeness (QED) is 0.776. The number of hydrogen-bond donors (Lipinski definition) is 1. The Labute approximate surface area is 150 Å². The van der Waals surface area contributed by atoms with Crippen molar-refractivity contribution in [3.05, 3.63) is 70.2 Å². The standard InChI is InChI=1S/C19H20BrNO3/c1-14(16-7-3-2-4-8-16)19(24)21(11-10-18(22)23)13-15-6-5-9-17(20)12-15/h2-9,12,14H,10-11,13H2,1H3,(H,22,23). The lowest BCUT2D eigenvalue weighted by Gasteiger charge is -2.26. The van der Waals surface area contributed by atoms with Gasteiger partial charge in [0.15, 0.2) is 0 Å². The molecule has 1 N–H and O–H groups in total. The maximum atomic E-state index is 12.9. The molecule has 126 valence electrons. The van der Waals surface area contributed by atoms with Crippen molar-refractivity contribution < 1.29 is 14.7 Å². The van der Waals surface area contributed by atoms with Crippen molar-refractivity contribution in [2.75, 3.05) is 6.54 Å². The van der Waals surface area contributed by atoms with Gasteiger partial charge < -0.3 is 10.0 Å². The molecule has 2 aromatic rings. The molecule has 0 aromatic heterocycles. The van der Waals surface area contributed by atoms with E-state index in [1.807, 2.05) is 61.5 Å². The van der Waals surface area contributed by atoms with Crippen molar-refractivity contribution in [2.45, 2.75) is 25.8 Å². The molecular formula is C19H20BrNO3. The Morgan fingerprint density at radius 2 is 1.83 bits per heavy atom. The Morgan fingerprint density at radius 1 is 1.12 bits per heavy atom. The molecule has 2 rings (SSSR count). The molecule has 0 bridgehead atoms. The molecule has 1 atom stereocenters. The van der Waals surface area contributed by atoms with E-state index in [0.717, 1.165) is 15.6 Å². The fourth-order valence-corrected chi connectivity index (χ4v) is 2.96. The number of carbonyl (C=O) groups is 2. The summed E-state index contributed by atoms with van der Waals surface area (Å²) in [5, 5.41) is 8.96. The molecule has 2 aromatic carbocycles. The second-order valence-electron chi connectivity index (χ2n) is 5.67. The van der Waals surface area contributed by atoms with Gasteiger partial charge in [-0.2, -0.15) is 0 Å². The molecule has 0 radical (unpaired) electrons. The summed E-state index contributed by atoms with van der Waals surface area (Å²) >= 11 is 3.42. The number of aliphatic carboxylic acids is 1. The van der Waals surface area contributed by atoms with E-state index >= 15 is 0 Å². The predicted molar refractivity (Wildman–Crippen MR) is 96.7 cm³/mol. The van der Waals surface area contributed by atoms with Crippen molar-refractivity contribution in [2.24, 2.45) is 0 Å². The van der Waals surface area contributed by atoms with Crippen molar-refractivity contribution in [3.63, 3.8) is 0 Å². The zero-order chi connectivity index (χ0) is 17.5. The van der Waals surface area contributed by atoms with E-state index < -0.39 is 5.97 Å². The largest absolute Gasteiger partial charge is 0.481 e. The van der Waals surface area contributed by atoms with Crippen LogP contribution in [0.2, 0.25) is 0 Å². The highest BCUT2D eigenvalue weighted by Crippen LogP contribution is 2.20. The Morgan fingerprint density at radius 3 is 2.46 bits per heavy atom. The van der Waals surface area contributed by atoms with Crippen LogP contribution in [0.15, 0.2) is 59.1 Å². The summed E-state index contributed by atoms with van der Waals surface area (Å²) < 4.78 is 0.932. The molecule has 24 heavy (non-hydrogen) atoms. The molecule has 0 saturated carbocycles. The maximum Gasteiger partial charge on any atom is 0.305 e. The summed E-state index contributed by atoms with van der Waals surface area (Å²) in [7, 11) is 0. The molecule has 0 aliphatic heterocycles. The van der Waals surface area contributed by atoms with Gasteiger partial charge in [0.25, 0.3) is 0 Å². The molecule has 0 heterocycles. The predicted octanol–water partition coefficient (Wildman–Crippen LogP) is 4.06. The highest BCUT2D eigenvalue weighted by molar-refractivity contribution is 9.10. The van der Waals surface area contributed by atoms with E-state index in [1.54, 1.807) is 4.90 Å². The molecule has 0 aliphatic rings. The van der Waals surface area contributed by atoms with E-state index in [4.69, 9.17) is 5.11 Å². The minimum absolute atomic E-state index is 0.0672. The first-order chi connectivity index (χ1) is 11.5. The minimum Gasteiger partial charge on any atom is -0.481 e. The van der Waals surface area contributed by atoms with Crippen LogP contribution in [0.5, 0.6) is 0 Å². The number of halogens is 1. The summed E-state index contributed by atoms with van der Waals surface area (Å²) in [5.74, 6) is -1.29. The lowest BCUT2D eigenvalue weighted by Crippen LogP contribution is -2.35. The van der Waals surface area contributed by atoms with Gasteiger partial charge in [-0.15, -0.1) is 0 Å². The van der Waals surface area contributed by atoms with E-state index in [9.17, 15) is 9.59 Å². The molecule has 5 heteroatoms. The Kier molecular flexibility index (Phi) is 6.55. The van der Waals surface area contributed by atoms with Gasteiger partial charge >= 0.3 is 5.97 Å². The van der Waals surface area contributed by atoms with E-state index in [2.05, 4.69) is 15.9 Å². The van der Waals surface area contributed by atoms with Crippen LogP contribution in [0.1, 0.15) is 30.4 Å². The zero-order valence-corrected chi connectivity index (χ0v) is 15.1. The van der Waals surface area contributed by atoms with Gasteiger partial charge in [0, 0.05) is 17.6 Å². The second kappa shape index (κ2) is 8.64. The fraction of sp³-hybridized carbons (Fsp3) is 0.263. The molecule has 4 nitrogen and oxygen atoms in total. The lowest BCUT2D eigenvalue weighted by atomic mass is 9.99. The van der Waals surface area contributed by atoms with Gasteiger partial charge in [0.2, 0.25) is 5.91 Å². The highest BCUT2D eigenvalue weighted by Gasteiger charge is 2.22. The van der Waals surface area contributed by atoms with Crippen LogP contribution in [-0.2, 0) is 16.1 Å². The third-order valence-corrected chi connectivity index (χ3v) is 4.33. The highest BCUT2D eigenvalue weighted by atomic mass is 79.9. The van der Waals surface area contributed by atoms with Gasteiger partial charge in [-0.05, 0) is 30.2 Å². The summed E-state index contributed by atoms with van der Waals surface area (Å²) in [6.07, 6.45) is -0.0682. The second-order valence-corrected chi connectivity index (χ2v) is 6.58. The van der Waals surface area contributed by atoms with Gasteiger partial charge in [0.1, 0.15) is 0 Å². The number of amides is 1. The van der Waals surface area contributed by atoms with Crippen LogP contribution in [0.3, 0.4) is 0 Å². The van der Waals surface area contributed by atoms with E-state index in [1.165, 1.54) is 0 Å². The van der Waals surface area contributed by atoms with E-state index in [-0.39, 0.29) is 24.8 Å². The van der Waals surface area contributed by atoms with Crippen LogP contribution < -0.4 is 0 Å². The minimum atomic E-state index is -0.908. The summed E-state index contributed by atoms with van der Waals surface area (Å²) in [6.45, 7) is 2.44. The molecule has 0 fully saturated rings. The number of carboxylic acid groups (broad SMARTS) is 1. The number of nitrogens with zero attached hydrogens (tertiary/aromatic N) is 1. The molecular weight excluding hydrogens is 370 g/mol. The molecule has 0 aliphatic carbocycles. The fourth-order valence-electron chi connectivity index (χ4n) is 2.51. The number of hydrogen-bond acceptors (Lipinski definition) is 2. The van der Waals surface area contributed by atoms with Crippen molar-refractivity contribution >= 4 is 27.8 Å². The van der Waals surface area contributed by atoms with Gasteiger partial charge in [0.05, 0.1) is 12.3 Å². The SMILES string of the molecule is CC(C(=O)N(CCC(=O)O)Cc1cccc(Br)c1)c1ccccc1. The van der Waals surface area contributed by atoms with Gasteiger partial charge in [-0.1, -0.05) is 58.4 Å². The molecule has 0 saturated heterocycles. The Balaban J connectivity index is 2.18. The van der Waals surface area contributed by atoms with Crippen LogP contribution >= 0.6 is 15.9 Å². The summed E-state index contributed by atoms with van der Waals surface area (Å²) in [4.78, 5) is 25.4. The summed E-state index contributed by atoms with van der Waals surface area (Å²) in [5.41, 5.74) is 1.89. The zero-order valence-electron chi connectivity index (χ0n) is 13.5. The third-order valence-electron chi connectivity index (χ3n) is 3.84. The van der Waals surface area contributed by atoms with Crippen molar-refractivity contribution in [3.8, 4) is 0 Å². The smallest absolute Gasteiger partial charge is 0.305 e. The average Bonchev–Trinajstić information content (AvgIpc) is 2.58. The van der Waals surface area contributed by atoms with Crippen molar-refractivity contribution in [1.82, 2.24) is 4.90 Å². The van der Waals surface area contributed by atoms with Crippen LogP contribution in [0.25, 0.3) is 0 Å². The first kappa shape index (κ1) is 18.2. The monoisotopic (exact) mass is 389 g/mol. The van der Waals surface area contributed by atoms with Gasteiger partial charge in [-0.25, -0.2) is 0 Å². The van der Waals surface area contributed by atoms with Crippen LogP contribution in [0, 0.1) is 0 Å². The third kappa shape index (κ3) is 5.20. The van der Waals surface area contributed by atoms with Crippen LogP contribution in [0.4, 0.5) is 0 Å². The Hall–Kier alpha value is -2.14. The Bertz CT molecular complexity index is 703. The number of rotatable bonds is 7. The van der Waals surface area contributed by atoms with Crippen LogP contribution in [-0.4, -0.2) is 28.4 Å². The number of benzene rings is 2. The molecule has 1 amide bonds. The average molecular weight is 390 g/mol. The number of carbonyl (C=O) groups excluding carboxylic acids is 1. The molecule has 0 spiro atoms. The summed E-state index contributed by atoms with van der Waals surface area (Å²) in [6, 6.07) is 17.2. The number of carboxylic acids is 1. The maximum absolute atomic E-state index is 12.9. The topological polar surface area (TPSA) is 57.6 Å². The molecule has 1 unspecified atom stereocenters. The normalized spacial score (nSPS) is 11.8.